The van der Waals surface area contributed by atoms with Crippen LogP contribution in [0.4, 0.5) is 10.6 Å². The smallest absolute Gasteiger partial charge is 0.320 e. The molecule has 49 heavy (non-hydrogen) atoms. The van der Waals surface area contributed by atoms with Gasteiger partial charge < -0.3 is 15.0 Å². The van der Waals surface area contributed by atoms with E-state index in [1.54, 1.807) is 18.2 Å². The summed E-state index contributed by atoms with van der Waals surface area (Å²) in [4.78, 5) is 16.0. The fourth-order valence-corrected chi connectivity index (χ4v) is 7.36. The zero-order valence-electron chi connectivity index (χ0n) is 28.1. The molecule has 0 unspecified atom stereocenters. The van der Waals surface area contributed by atoms with Crippen LogP contribution in [0.25, 0.3) is 17.0 Å². The van der Waals surface area contributed by atoms with E-state index in [-0.39, 0.29) is 23.6 Å². The minimum atomic E-state index is -0.248. The van der Waals surface area contributed by atoms with Crippen molar-refractivity contribution in [3.05, 3.63) is 93.7 Å². The van der Waals surface area contributed by atoms with E-state index in [2.05, 4.69) is 58.6 Å². The third-order valence-electron chi connectivity index (χ3n) is 9.45. The van der Waals surface area contributed by atoms with Gasteiger partial charge in [-0.25, -0.2) is 9.48 Å². The highest BCUT2D eigenvalue weighted by Crippen LogP contribution is 2.40. The van der Waals surface area contributed by atoms with Crippen LogP contribution in [0.5, 0.6) is 5.75 Å². The van der Waals surface area contributed by atoms with Gasteiger partial charge in [-0.1, -0.05) is 80.7 Å². The van der Waals surface area contributed by atoms with Crippen LogP contribution in [0.1, 0.15) is 81.8 Å². The van der Waals surface area contributed by atoms with Crippen LogP contribution in [0.3, 0.4) is 0 Å². The molecule has 10 nitrogen and oxygen atoms in total. The number of likely N-dealkylation sites (tertiary alicyclic amines) is 1. The van der Waals surface area contributed by atoms with Gasteiger partial charge in [0.2, 0.25) is 0 Å². The highest BCUT2D eigenvalue weighted by atomic mass is 35.5. The molecule has 2 aliphatic rings. The second-order valence-corrected chi connectivity index (χ2v) is 14.8. The first kappa shape index (κ1) is 33.4. The van der Waals surface area contributed by atoms with Crippen molar-refractivity contribution in [3.63, 3.8) is 0 Å². The first-order chi connectivity index (χ1) is 23.6. The van der Waals surface area contributed by atoms with Crippen molar-refractivity contribution >= 4 is 40.7 Å². The van der Waals surface area contributed by atoms with Crippen molar-refractivity contribution in [2.75, 3.05) is 25.0 Å². The first-order valence-corrected chi connectivity index (χ1v) is 17.8. The monoisotopic (exact) mass is 700 g/mol. The molecule has 0 spiro atoms. The number of nitrogens with one attached hydrogen (secondary N) is 2. The maximum atomic E-state index is 13.5. The molecule has 1 fully saturated rings. The lowest BCUT2D eigenvalue weighted by Crippen LogP contribution is -2.36. The van der Waals surface area contributed by atoms with E-state index >= 15 is 0 Å². The van der Waals surface area contributed by atoms with Crippen LogP contribution >= 0.6 is 23.2 Å². The number of fused-ring (bicyclic) bond motifs is 2. The number of piperidine rings is 1. The summed E-state index contributed by atoms with van der Waals surface area (Å²) in [7, 11) is 0. The van der Waals surface area contributed by atoms with Gasteiger partial charge in [-0.2, -0.15) is 5.10 Å². The molecule has 0 bridgehead atoms. The maximum Gasteiger partial charge on any atom is 0.320 e. The zero-order chi connectivity index (χ0) is 34.1. The van der Waals surface area contributed by atoms with Gasteiger partial charge in [-0.15, -0.1) is 10.2 Å². The largest absolute Gasteiger partial charge is 0.484 e. The third-order valence-corrected chi connectivity index (χ3v) is 10.1. The van der Waals surface area contributed by atoms with E-state index in [1.165, 1.54) is 19.3 Å². The second kappa shape index (κ2) is 14.0. The van der Waals surface area contributed by atoms with Crippen LogP contribution < -0.4 is 15.4 Å². The lowest BCUT2D eigenvalue weighted by atomic mass is 9.85. The van der Waals surface area contributed by atoms with Crippen LogP contribution in [-0.4, -0.2) is 54.9 Å². The molecule has 1 aliphatic carbocycles. The van der Waals surface area contributed by atoms with Gasteiger partial charge in [-0.05, 0) is 74.2 Å². The van der Waals surface area contributed by atoms with Gasteiger partial charge in [0.05, 0.1) is 40.1 Å². The average molecular weight is 702 g/mol. The molecule has 2 atom stereocenters. The number of rotatable bonds is 8. The second-order valence-electron chi connectivity index (χ2n) is 14.0. The molecule has 3 aromatic heterocycles. The van der Waals surface area contributed by atoms with E-state index in [9.17, 15) is 4.79 Å². The Labute approximate surface area is 296 Å². The Bertz CT molecular complexity index is 1940. The molecular formula is C37H42Cl2N8O2. The molecule has 2 amide bonds. The quantitative estimate of drug-likeness (QED) is 0.168. The molecule has 0 radical (unpaired) electrons. The average Bonchev–Trinajstić information content (AvgIpc) is 3.69. The van der Waals surface area contributed by atoms with Crippen molar-refractivity contribution in [1.82, 2.24) is 34.6 Å². The van der Waals surface area contributed by atoms with Crippen LogP contribution in [0.2, 0.25) is 10.0 Å². The lowest BCUT2D eigenvalue weighted by Gasteiger charge is -2.32. The van der Waals surface area contributed by atoms with Crippen LogP contribution in [0.15, 0.2) is 66.9 Å². The van der Waals surface area contributed by atoms with E-state index in [1.807, 2.05) is 45.6 Å². The number of amides is 2. The van der Waals surface area contributed by atoms with Crippen LogP contribution in [-0.2, 0) is 12.0 Å². The summed E-state index contributed by atoms with van der Waals surface area (Å²) < 4.78 is 10.4. The molecule has 2 N–H and O–H groups in total. The Morgan fingerprint density at radius 3 is 2.43 bits per heavy atom. The Kier molecular flexibility index (Phi) is 9.55. The first-order valence-electron chi connectivity index (χ1n) is 17.1. The van der Waals surface area contributed by atoms with Gasteiger partial charge in [0, 0.05) is 18.0 Å². The number of aromatic nitrogens is 5. The molecule has 12 heteroatoms. The number of halogens is 2. The Balaban J connectivity index is 1.06. The number of anilines is 1. The molecule has 2 aromatic carbocycles. The Hall–Kier alpha value is -4.12. The molecule has 1 aliphatic heterocycles. The number of hydrogen-bond donors (Lipinski definition) is 2. The summed E-state index contributed by atoms with van der Waals surface area (Å²) in [5.41, 5.74) is 4.17. The van der Waals surface area contributed by atoms with Gasteiger partial charge in [0.15, 0.2) is 11.5 Å². The molecule has 7 rings (SSSR count). The van der Waals surface area contributed by atoms with Crippen molar-refractivity contribution < 1.29 is 9.53 Å². The normalized spacial score (nSPS) is 18.3. The van der Waals surface area contributed by atoms with Crippen LogP contribution in [0, 0.1) is 0 Å². The SMILES string of the molecule is CC(C)(C)c1cc(NC(=O)N[C@H]2CC[C@@H](Oc3ccc4nnc(-c5c(Cl)cccc5Cl)n4c3)c3ccccc32)n(CCN2CCCCC2)n1. The highest BCUT2D eigenvalue weighted by Gasteiger charge is 2.30. The molecule has 1 saturated heterocycles. The Morgan fingerprint density at radius 1 is 0.918 bits per heavy atom. The third kappa shape index (κ3) is 7.27. The molecule has 5 aromatic rings. The topological polar surface area (TPSA) is 102 Å². The Morgan fingerprint density at radius 2 is 1.67 bits per heavy atom. The van der Waals surface area contributed by atoms with Crippen molar-refractivity contribution in [1.29, 1.82) is 0 Å². The maximum absolute atomic E-state index is 13.5. The standard InChI is InChI=1S/C37H42Cl2N8O2/c1-37(2,3)31-22-33(47(44-31)21-20-45-18-7-4-8-19-45)41-36(48)40-29-15-16-30(26-11-6-5-10-25(26)29)49-24-14-17-32-42-43-35(46(32)23-24)34-27(38)12-9-13-28(34)39/h5-6,9-14,17,22-23,29-30H,4,7-8,15-16,18-21H2,1-3H3,(H2,40,41,48)/t29-,30+/m0/s1. The number of hydrogen-bond acceptors (Lipinski definition) is 6. The van der Waals surface area contributed by atoms with Crippen molar-refractivity contribution in [3.8, 4) is 17.1 Å². The van der Waals surface area contributed by atoms with E-state index in [0.717, 1.165) is 43.0 Å². The zero-order valence-corrected chi connectivity index (χ0v) is 29.6. The summed E-state index contributed by atoms with van der Waals surface area (Å²) >= 11 is 13.0. The summed E-state index contributed by atoms with van der Waals surface area (Å²) in [6.07, 6.45) is 6.88. The van der Waals surface area contributed by atoms with E-state index in [0.29, 0.717) is 51.5 Å². The molecule has 256 valence electrons. The number of benzene rings is 2. The molecule has 0 saturated carbocycles. The van der Waals surface area contributed by atoms with Crippen molar-refractivity contribution in [2.45, 2.75) is 77.0 Å². The fourth-order valence-electron chi connectivity index (χ4n) is 6.79. The number of pyridine rings is 1. The van der Waals surface area contributed by atoms with Crippen molar-refractivity contribution in [2.24, 2.45) is 0 Å². The van der Waals surface area contributed by atoms with Gasteiger partial charge in [0.25, 0.3) is 0 Å². The van der Waals surface area contributed by atoms with Gasteiger partial charge in [-0.3, -0.25) is 9.72 Å². The van der Waals surface area contributed by atoms with Gasteiger partial charge in [0.1, 0.15) is 17.7 Å². The van der Waals surface area contributed by atoms with E-state index in [4.69, 9.17) is 33.0 Å². The summed E-state index contributed by atoms with van der Waals surface area (Å²) in [6.45, 7) is 10.3. The minimum absolute atomic E-state index is 0.136. The predicted octanol–water partition coefficient (Wildman–Crippen LogP) is 8.46. The summed E-state index contributed by atoms with van der Waals surface area (Å²) in [6, 6.07) is 18.9. The fraction of sp³-hybridized carbons (Fsp3) is 0.405. The molecule has 4 heterocycles. The summed E-state index contributed by atoms with van der Waals surface area (Å²) in [5, 5.41) is 20.9. The number of ether oxygens (including phenoxy) is 1. The van der Waals surface area contributed by atoms with Gasteiger partial charge >= 0.3 is 6.03 Å². The number of urea groups is 1. The van der Waals surface area contributed by atoms with E-state index < -0.39 is 0 Å². The number of carbonyl (C=O) groups excluding carboxylic acids is 1. The predicted molar refractivity (Wildman–Crippen MR) is 194 cm³/mol. The number of nitrogens with zero attached hydrogens (tertiary/aromatic N) is 6. The highest BCUT2D eigenvalue weighted by molar-refractivity contribution is 6.39. The lowest BCUT2D eigenvalue weighted by molar-refractivity contribution is 0.171. The number of carbonyl (C=O) groups is 1. The summed E-state index contributed by atoms with van der Waals surface area (Å²) in [5.74, 6) is 1.91. The molecular weight excluding hydrogens is 659 g/mol. The minimum Gasteiger partial charge on any atom is -0.484 e.